The molecule has 0 bridgehead atoms. The van der Waals surface area contributed by atoms with Crippen LogP contribution in [-0.2, 0) is 16.5 Å². The number of benzene rings is 1. The molecule has 3 rings (SSSR count). The highest BCUT2D eigenvalue weighted by atomic mass is 16.7. The van der Waals surface area contributed by atoms with E-state index in [4.69, 9.17) is 14.2 Å². The Labute approximate surface area is 184 Å². The van der Waals surface area contributed by atoms with Crippen LogP contribution in [0.1, 0.15) is 54.4 Å². The molecule has 0 N–H and O–H groups in total. The number of ether oxygens (including phenoxy) is 3. The topological polar surface area (TPSA) is 31.6 Å². The fraction of sp³-hybridized carbons (Fsp3) is 0.500. The number of allylic oxidation sites excluding steroid dienone is 2. The van der Waals surface area contributed by atoms with E-state index in [-0.39, 0.29) is 12.4 Å². The van der Waals surface area contributed by atoms with Gasteiger partial charge in [0.25, 0.3) is 0 Å². The lowest BCUT2D eigenvalue weighted by Gasteiger charge is -2.33. The third kappa shape index (κ3) is 13.9. The Kier molecular flexibility index (Phi) is 17.5. The second-order valence-corrected chi connectivity index (χ2v) is 6.61. The molecule has 0 amide bonds. The lowest BCUT2D eigenvalue weighted by Crippen LogP contribution is -2.39. The van der Waals surface area contributed by atoms with Gasteiger partial charge in [-0.2, -0.15) is 0 Å². The largest absolute Gasteiger partial charge is 0.488 e. The van der Waals surface area contributed by atoms with Crippen LogP contribution in [0.3, 0.4) is 0 Å². The molecule has 1 aromatic heterocycles. The standard InChI is InChI=1S/C14H20O3.C6H8N.C4H8.C2H6/c1-3-12-9-11(2)16-14(17-12)10-15-13-7-5-4-6-8-13;1-7-5-3-2-4-6-7;1-3-4-2;1-2/h4-8,11-12,14H,3,9-10H2,1-2H3;2-6H,1H3;3-4H,1-2H3;1-2H3/q;+1;;/b;;4-3+;. The number of hydrogen-bond donors (Lipinski definition) is 0. The molecule has 2 heterocycles. The van der Waals surface area contributed by atoms with Crippen LogP contribution in [0.2, 0.25) is 0 Å². The van der Waals surface area contributed by atoms with E-state index in [1.807, 2.05) is 112 Å². The zero-order chi connectivity index (χ0) is 22.6. The van der Waals surface area contributed by atoms with E-state index in [1.165, 1.54) is 0 Å². The summed E-state index contributed by atoms with van der Waals surface area (Å²) >= 11 is 0. The maximum Gasteiger partial charge on any atom is 0.192 e. The van der Waals surface area contributed by atoms with Crippen LogP contribution < -0.4 is 9.30 Å². The number of aromatic nitrogens is 1. The molecule has 4 heteroatoms. The number of hydrogen-bond acceptors (Lipinski definition) is 3. The van der Waals surface area contributed by atoms with Crippen molar-refractivity contribution in [3.8, 4) is 5.75 Å². The Hall–Kier alpha value is -2.17. The van der Waals surface area contributed by atoms with Gasteiger partial charge in [-0.25, -0.2) is 4.57 Å². The minimum atomic E-state index is -0.246. The van der Waals surface area contributed by atoms with Crippen molar-refractivity contribution >= 4 is 0 Å². The second-order valence-electron chi connectivity index (χ2n) is 6.61. The maximum absolute atomic E-state index is 5.78. The average molecular weight is 417 g/mol. The first-order chi connectivity index (χ1) is 14.6. The average Bonchev–Trinajstić information content (AvgIpc) is 2.80. The van der Waals surface area contributed by atoms with Crippen LogP contribution in [0.4, 0.5) is 0 Å². The minimum Gasteiger partial charge on any atom is -0.488 e. The number of pyridine rings is 1. The Morgan fingerprint density at radius 1 is 0.967 bits per heavy atom. The van der Waals surface area contributed by atoms with Crippen molar-refractivity contribution in [2.75, 3.05) is 6.61 Å². The normalized spacial score (nSPS) is 19.9. The van der Waals surface area contributed by atoms with Gasteiger partial charge in [0.05, 0.1) is 12.2 Å². The van der Waals surface area contributed by atoms with Gasteiger partial charge in [-0.05, 0) is 45.7 Å². The van der Waals surface area contributed by atoms with E-state index < -0.39 is 0 Å². The van der Waals surface area contributed by atoms with Crippen LogP contribution >= 0.6 is 0 Å². The van der Waals surface area contributed by atoms with Crippen LogP contribution in [0.15, 0.2) is 73.1 Å². The molecular weight excluding hydrogens is 374 g/mol. The van der Waals surface area contributed by atoms with Crippen molar-refractivity contribution in [3.05, 3.63) is 73.1 Å². The molecule has 1 aliphatic rings. The van der Waals surface area contributed by atoms with Crippen molar-refractivity contribution in [2.45, 2.75) is 72.9 Å². The quantitative estimate of drug-likeness (QED) is 0.445. The highest BCUT2D eigenvalue weighted by Crippen LogP contribution is 2.21. The summed E-state index contributed by atoms with van der Waals surface area (Å²) in [4.78, 5) is 0. The lowest BCUT2D eigenvalue weighted by atomic mass is 10.1. The van der Waals surface area contributed by atoms with Gasteiger partial charge in [-0.15, -0.1) is 0 Å². The first-order valence-electron chi connectivity index (χ1n) is 11.0. The van der Waals surface area contributed by atoms with Gasteiger partial charge in [-0.1, -0.05) is 57.2 Å². The number of para-hydroxylation sites is 1. The highest BCUT2D eigenvalue weighted by molar-refractivity contribution is 5.20. The maximum atomic E-state index is 5.78. The van der Waals surface area contributed by atoms with Gasteiger partial charge in [0.2, 0.25) is 0 Å². The number of aryl methyl sites for hydroxylation is 1. The highest BCUT2D eigenvalue weighted by Gasteiger charge is 2.26. The molecule has 30 heavy (non-hydrogen) atoms. The van der Waals surface area contributed by atoms with Crippen LogP contribution in [-0.4, -0.2) is 25.1 Å². The van der Waals surface area contributed by atoms with Crippen LogP contribution in [0.5, 0.6) is 5.75 Å². The van der Waals surface area contributed by atoms with Crippen LogP contribution in [0, 0.1) is 0 Å². The first-order valence-corrected chi connectivity index (χ1v) is 11.0. The van der Waals surface area contributed by atoms with E-state index >= 15 is 0 Å². The molecule has 0 radical (unpaired) electrons. The van der Waals surface area contributed by atoms with E-state index in [9.17, 15) is 0 Å². The lowest BCUT2D eigenvalue weighted by molar-refractivity contribution is -0.671. The Bertz CT molecular complexity index is 627. The van der Waals surface area contributed by atoms with E-state index in [2.05, 4.69) is 13.8 Å². The molecular formula is C26H42NO3+. The molecule has 0 saturated carbocycles. The monoisotopic (exact) mass is 416 g/mol. The minimum absolute atomic E-state index is 0.246. The molecule has 1 saturated heterocycles. The fourth-order valence-electron chi connectivity index (χ4n) is 2.49. The molecule has 2 aromatic rings. The van der Waals surface area contributed by atoms with Crippen LogP contribution in [0.25, 0.3) is 0 Å². The zero-order valence-electron chi connectivity index (χ0n) is 20.0. The van der Waals surface area contributed by atoms with Gasteiger partial charge in [0.1, 0.15) is 19.4 Å². The van der Waals surface area contributed by atoms with Gasteiger partial charge < -0.3 is 14.2 Å². The van der Waals surface area contributed by atoms with Crippen molar-refractivity contribution in [1.29, 1.82) is 0 Å². The first kappa shape index (κ1) is 27.8. The Balaban J connectivity index is 0.000000534. The Morgan fingerprint density at radius 3 is 2.00 bits per heavy atom. The summed E-state index contributed by atoms with van der Waals surface area (Å²) in [6.07, 6.45) is 10.3. The second kappa shape index (κ2) is 18.8. The molecule has 1 aromatic carbocycles. The molecule has 1 fully saturated rings. The summed E-state index contributed by atoms with van der Waals surface area (Å²) in [5, 5.41) is 0. The van der Waals surface area contributed by atoms with Gasteiger partial charge in [-0.3, -0.25) is 0 Å². The predicted octanol–water partition coefficient (Wildman–Crippen LogP) is 6.12. The molecule has 168 valence electrons. The summed E-state index contributed by atoms with van der Waals surface area (Å²) in [5.41, 5.74) is 0. The third-order valence-electron chi connectivity index (χ3n) is 4.11. The number of rotatable bonds is 4. The smallest absolute Gasteiger partial charge is 0.192 e. The van der Waals surface area contributed by atoms with Gasteiger partial charge in [0, 0.05) is 12.1 Å². The molecule has 0 aliphatic carbocycles. The predicted molar refractivity (Wildman–Crippen MR) is 126 cm³/mol. The zero-order valence-corrected chi connectivity index (χ0v) is 20.0. The summed E-state index contributed by atoms with van der Waals surface area (Å²) in [6.45, 7) is 12.7. The molecule has 0 spiro atoms. The molecule has 3 atom stereocenters. The summed E-state index contributed by atoms with van der Waals surface area (Å²) in [5.74, 6) is 0.853. The SMILES string of the molecule is C/C=C/C.CC.CCC1CC(C)OC(COc2ccccc2)O1.C[n+]1ccccc1. The van der Waals surface area contributed by atoms with Crippen molar-refractivity contribution in [1.82, 2.24) is 0 Å². The molecule has 3 unspecified atom stereocenters. The third-order valence-corrected chi connectivity index (χ3v) is 4.11. The molecule has 1 aliphatic heterocycles. The number of nitrogens with zero attached hydrogens (tertiary/aromatic N) is 1. The summed E-state index contributed by atoms with van der Waals surface area (Å²) in [6, 6.07) is 15.7. The van der Waals surface area contributed by atoms with Crippen molar-refractivity contribution < 1.29 is 18.8 Å². The van der Waals surface area contributed by atoms with E-state index in [0.717, 1.165) is 18.6 Å². The van der Waals surface area contributed by atoms with E-state index in [0.29, 0.717) is 12.7 Å². The van der Waals surface area contributed by atoms with E-state index in [1.54, 1.807) is 0 Å². The summed E-state index contributed by atoms with van der Waals surface area (Å²) < 4.78 is 19.1. The Morgan fingerprint density at radius 2 is 1.53 bits per heavy atom. The van der Waals surface area contributed by atoms with Gasteiger partial charge in [0.15, 0.2) is 18.7 Å². The van der Waals surface area contributed by atoms with Crippen molar-refractivity contribution in [2.24, 2.45) is 7.05 Å². The van der Waals surface area contributed by atoms with Gasteiger partial charge >= 0.3 is 0 Å². The fourth-order valence-corrected chi connectivity index (χ4v) is 2.49. The summed E-state index contributed by atoms with van der Waals surface area (Å²) in [7, 11) is 2.00. The molecule has 4 nitrogen and oxygen atoms in total. The van der Waals surface area contributed by atoms with Crippen molar-refractivity contribution in [3.63, 3.8) is 0 Å².